The number of rotatable bonds is 63. The Morgan fingerprint density at radius 3 is 0.811 bits per heavy atom. The van der Waals surface area contributed by atoms with Gasteiger partial charge in [0, 0.05) is 12.8 Å². The minimum Gasteiger partial charge on any atom is -0.462 e. The zero-order chi connectivity index (χ0) is 53.4. The van der Waals surface area contributed by atoms with E-state index in [1.807, 2.05) is 0 Å². The molecule has 0 heterocycles. The van der Waals surface area contributed by atoms with Gasteiger partial charge < -0.3 is 14.6 Å². The van der Waals surface area contributed by atoms with Crippen LogP contribution >= 0.6 is 0 Å². The Balaban J connectivity index is 3.38. The molecule has 0 amide bonds. The lowest BCUT2D eigenvalue weighted by atomic mass is 10.0. The van der Waals surface area contributed by atoms with Gasteiger partial charge in [0.1, 0.15) is 6.61 Å². The first kappa shape index (κ1) is 72.1. The normalized spacial score (nSPS) is 12.3. The van der Waals surface area contributed by atoms with Gasteiger partial charge in [0.25, 0.3) is 0 Å². The van der Waals surface area contributed by atoms with Crippen LogP contribution in [0, 0.1) is 0 Å². The van der Waals surface area contributed by atoms with Crippen LogP contribution < -0.4 is 0 Å². The maximum atomic E-state index is 12.3. The number of esters is 2. The Bertz CT molecular complexity index is 1170. The Hall–Kier alpha value is -1.88. The second kappa shape index (κ2) is 65.4. The van der Waals surface area contributed by atoms with Gasteiger partial charge in [0.2, 0.25) is 0 Å². The number of carbonyl (C=O) groups excluding carboxylic acids is 2. The van der Waals surface area contributed by atoms with Gasteiger partial charge in [-0.25, -0.2) is 0 Å². The SMILES string of the molecule is CCCCCCC/C=C\C/C=C\C/C=C\CCCCCCCCCCC(=O)OC(CO)COC(=O)CCCCCCCCCCCCCCCCCCCCCCCCCCCCCCCCCCCCCCC. The molecule has 0 fully saturated rings. The van der Waals surface area contributed by atoms with Crippen LogP contribution in [0.4, 0.5) is 0 Å². The Labute approximate surface area is 463 Å². The largest absolute Gasteiger partial charge is 0.462 e. The summed E-state index contributed by atoms with van der Waals surface area (Å²) in [4.78, 5) is 24.6. The van der Waals surface area contributed by atoms with Crippen LogP contribution in [0.15, 0.2) is 36.5 Å². The molecule has 0 aliphatic rings. The number of carbonyl (C=O) groups is 2. The van der Waals surface area contributed by atoms with Crippen molar-refractivity contribution < 1.29 is 24.2 Å². The third kappa shape index (κ3) is 62.7. The van der Waals surface area contributed by atoms with Crippen molar-refractivity contribution in [2.45, 2.75) is 380 Å². The van der Waals surface area contributed by atoms with Gasteiger partial charge in [-0.1, -0.05) is 346 Å². The van der Waals surface area contributed by atoms with E-state index in [0.29, 0.717) is 12.8 Å². The zero-order valence-corrected chi connectivity index (χ0v) is 50.1. The summed E-state index contributed by atoms with van der Waals surface area (Å²) in [6.45, 7) is 4.18. The molecule has 1 atom stereocenters. The number of unbranched alkanes of at least 4 members (excludes halogenated alkanes) is 49. The molecule has 0 bridgehead atoms. The molecule has 1 N–H and O–H groups in total. The molecule has 0 radical (unpaired) electrons. The van der Waals surface area contributed by atoms with Gasteiger partial charge in [-0.15, -0.1) is 0 Å². The monoisotopic (exact) mass is 1040 g/mol. The van der Waals surface area contributed by atoms with E-state index in [2.05, 4.69) is 50.3 Å². The predicted octanol–water partition coefficient (Wildman–Crippen LogP) is 23.0. The number of ether oxygens (including phenoxy) is 2. The molecule has 0 aromatic rings. The first-order valence-electron chi connectivity index (χ1n) is 33.5. The number of hydrogen-bond acceptors (Lipinski definition) is 5. The standard InChI is InChI=1S/C69H130O5/c1-3-5-7-9-11-13-15-17-19-21-23-25-27-28-29-30-31-32-33-34-35-36-37-38-39-40-42-43-45-47-49-51-53-55-57-59-61-63-68(71)73-66-67(65-70)74-69(72)64-62-60-58-56-54-52-50-48-46-44-41-26-24-22-20-18-16-14-12-10-8-6-4-2/h16,18,22,24,41,44,67,70H,3-15,17,19-21,23,25-40,42-43,45-66H2,1-2H3/b18-16-,24-22-,44-41-. The van der Waals surface area contributed by atoms with Gasteiger partial charge in [-0.2, -0.15) is 0 Å². The molecule has 5 nitrogen and oxygen atoms in total. The number of allylic oxidation sites excluding steroid dienone is 6. The maximum absolute atomic E-state index is 12.3. The lowest BCUT2D eigenvalue weighted by Crippen LogP contribution is -2.28. The molecule has 74 heavy (non-hydrogen) atoms. The zero-order valence-electron chi connectivity index (χ0n) is 50.1. The van der Waals surface area contributed by atoms with Crippen molar-refractivity contribution in [2.75, 3.05) is 13.2 Å². The van der Waals surface area contributed by atoms with Crippen molar-refractivity contribution in [2.24, 2.45) is 0 Å². The molecule has 0 rings (SSSR count). The van der Waals surface area contributed by atoms with Crippen molar-refractivity contribution in [3.05, 3.63) is 36.5 Å². The Kier molecular flexibility index (Phi) is 63.7. The predicted molar refractivity (Wildman–Crippen MR) is 325 cm³/mol. The van der Waals surface area contributed by atoms with Crippen LogP contribution in [-0.4, -0.2) is 36.4 Å². The van der Waals surface area contributed by atoms with Crippen molar-refractivity contribution in [3.63, 3.8) is 0 Å². The van der Waals surface area contributed by atoms with Gasteiger partial charge >= 0.3 is 11.9 Å². The topological polar surface area (TPSA) is 72.8 Å². The van der Waals surface area contributed by atoms with Crippen molar-refractivity contribution in [1.82, 2.24) is 0 Å². The highest BCUT2D eigenvalue weighted by Crippen LogP contribution is 2.19. The number of hydrogen-bond donors (Lipinski definition) is 1. The second-order valence-electron chi connectivity index (χ2n) is 22.9. The highest BCUT2D eigenvalue weighted by molar-refractivity contribution is 5.70. The summed E-state index contributed by atoms with van der Waals surface area (Å²) in [7, 11) is 0. The molecule has 0 aromatic carbocycles. The fraction of sp³-hybridized carbons (Fsp3) is 0.884. The lowest BCUT2D eigenvalue weighted by molar-refractivity contribution is -0.161. The summed E-state index contributed by atoms with van der Waals surface area (Å²) in [5.41, 5.74) is 0. The van der Waals surface area contributed by atoms with E-state index in [4.69, 9.17) is 9.47 Å². The van der Waals surface area contributed by atoms with Gasteiger partial charge in [-0.3, -0.25) is 9.59 Å². The van der Waals surface area contributed by atoms with E-state index in [9.17, 15) is 14.7 Å². The summed E-state index contributed by atoms with van der Waals surface area (Å²) >= 11 is 0. The summed E-state index contributed by atoms with van der Waals surface area (Å²) in [5, 5.41) is 9.68. The van der Waals surface area contributed by atoms with E-state index in [1.165, 1.54) is 295 Å². The molecule has 436 valence electrons. The fourth-order valence-electron chi connectivity index (χ4n) is 10.4. The third-order valence-corrected chi connectivity index (χ3v) is 15.4. The van der Waals surface area contributed by atoms with Crippen molar-refractivity contribution in [1.29, 1.82) is 0 Å². The molecule has 0 aliphatic carbocycles. The first-order valence-corrected chi connectivity index (χ1v) is 33.5. The second-order valence-corrected chi connectivity index (χ2v) is 22.9. The van der Waals surface area contributed by atoms with Crippen LogP contribution in [0.25, 0.3) is 0 Å². The summed E-state index contributed by atoms with van der Waals surface area (Å²) in [6, 6.07) is 0. The van der Waals surface area contributed by atoms with E-state index in [0.717, 1.165) is 51.4 Å². The van der Waals surface area contributed by atoms with Crippen LogP contribution in [0.1, 0.15) is 373 Å². The minimum atomic E-state index is -0.775. The van der Waals surface area contributed by atoms with Crippen LogP contribution in [0.3, 0.4) is 0 Å². The summed E-state index contributed by atoms with van der Waals surface area (Å²) < 4.78 is 10.7. The van der Waals surface area contributed by atoms with E-state index in [1.54, 1.807) is 0 Å². The van der Waals surface area contributed by atoms with Crippen LogP contribution in [0.5, 0.6) is 0 Å². The van der Waals surface area contributed by atoms with Gasteiger partial charge in [0.15, 0.2) is 6.10 Å². The molecule has 0 saturated heterocycles. The number of aliphatic hydroxyl groups is 1. The highest BCUT2D eigenvalue weighted by atomic mass is 16.6. The molecule has 1 unspecified atom stereocenters. The third-order valence-electron chi connectivity index (χ3n) is 15.4. The average Bonchev–Trinajstić information content (AvgIpc) is 3.40. The molecule has 5 heteroatoms. The summed E-state index contributed by atoms with van der Waals surface area (Å²) in [6.07, 6.45) is 86.1. The van der Waals surface area contributed by atoms with Gasteiger partial charge in [-0.05, 0) is 51.4 Å². The van der Waals surface area contributed by atoms with E-state index in [-0.39, 0.29) is 25.2 Å². The van der Waals surface area contributed by atoms with Crippen LogP contribution in [0.2, 0.25) is 0 Å². The maximum Gasteiger partial charge on any atom is 0.306 e. The minimum absolute atomic E-state index is 0.0646. The molecule has 0 saturated carbocycles. The fourth-order valence-corrected chi connectivity index (χ4v) is 10.4. The Morgan fingerprint density at radius 1 is 0.311 bits per heavy atom. The highest BCUT2D eigenvalue weighted by Gasteiger charge is 2.16. The lowest BCUT2D eigenvalue weighted by Gasteiger charge is -2.15. The molecule has 0 spiro atoms. The number of aliphatic hydroxyl groups excluding tert-OH is 1. The molecular formula is C69H130O5. The molecular weight excluding hydrogens is 909 g/mol. The van der Waals surface area contributed by atoms with E-state index >= 15 is 0 Å². The molecule has 0 aliphatic heterocycles. The van der Waals surface area contributed by atoms with Crippen molar-refractivity contribution >= 4 is 11.9 Å². The Morgan fingerprint density at radius 2 is 0.541 bits per heavy atom. The first-order chi connectivity index (χ1) is 36.6. The average molecular weight is 1040 g/mol. The van der Waals surface area contributed by atoms with Gasteiger partial charge in [0.05, 0.1) is 6.61 Å². The smallest absolute Gasteiger partial charge is 0.306 e. The van der Waals surface area contributed by atoms with E-state index < -0.39 is 6.10 Å². The van der Waals surface area contributed by atoms with Crippen molar-refractivity contribution in [3.8, 4) is 0 Å². The van der Waals surface area contributed by atoms with Crippen LogP contribution in [-0.2, 0) is 19.1 Å². The summed E-state index contributed by atoms with van der Waals surface area (Å²) in [5.74, 6) is -0.580. The quantitative estimate of drug-likeness (QED) is 0.0373. The molecule has 0 aromatic heterocycles.